The van der Waals surface area contributed by atoms with Crippen LogP contribution in [0.5, 0.6) is 5.75 Å². The Labute approximate surface area is 106 Å². The first-order chi connectivity index (χ1) is 8.88. The number of nitrogens with zero attached hydrogens (tertiary/aromatic N) is 1. The number of benzene rings is 1. The average molecular weight is 244 g/mol. The highest BCUT2D eigenvalue weighted by Crippen LogP contribution is 2.28. The molecule has 0 bridgehead atoms. The summed E-state index contributed by atoms with van der Waals surface area (Å²) in [5.41, 5.74) is 2.14. The molecule has 1 fully saturated rings. The first kappa shape index (κ1) is 11.4. The van der Waals surface area contributed by atoms with Gasteiger partial charge >= 0.3 is 0 Å². The van der Waals surface area contributed by atoms with E-state index in [9.17, 15) is 0 Å². The van der Waals surface area contributed by atoms with Crippen LogP contribution in [0.25, 0.3) is 10.9 Å². The van der Waals surface area contributed by atoms with Gasteiger partial charge in [0.05, 0.1) is 25.3 Å². The van der Waals surface area contributed by atoms with Gasteiger partial charge < -0.3 is 14.8 Å². The van der Waals surface area contributed by atoms with Crippen molar-refractivity contribution in [3.8, 4) is 5.75 Å². The van der Waals surface area contributed by atoms with E-state index in [2.05, 4.69) is 16.4 Å². The third-order valence-electron chi connectivity index (χ3n) is 3.26. The summed E-state index contributed by atoms with van der Waals surface area (Å²) in [6, 6.07) is 8.00. The molecule has 4 nitrogen and oxygen atoms in total. The predicted molar refractivity (Wildman–Crippen MR) is 69.9 cm³/mol. The van der Waals surface area contributed by atoms with Crippen LogP contribution in [0.2, 0.25) is 0 Å². The van der Waals surface area contributed by atoms with Gasteiger partial charge in [0, 0.05) is 30.7 Å². The molecule has 1 unspecified atom stereocenters. The summed E-state index contributed by atoms with van der Waals surface area (Å²) in [6.45, 7) is 2.53. The smallest absolute Gasteiger partial charge is 0.121 e. The molecule has 1 aliphatic rings. The van der Waals surface area contributed by atoms with Crippen molar-refractivity contribution in [2.24, 2.45) is 0 Å². The molecule has 18 heavy (non-hydrogen) atoms. The first-order valence-corrected chi connectivity index (χ1v) is 6.13. The number of rotatable bonds is 2. The van der Waals surface area contributed by atoms with Crippen LogP contribution in [0, 0.1) is 0 Å². The van der Waals surface area contributed by atoms with E-state index in [1.165, 1.54) is 5.56 Å². The van der Waals surface area contributed by atoms with Crippen molar-refractivity contribution in [2.45, 2.75) is 6.10 Å². The number of aromatic nitrogens is 1. The largest absolute Gasteiger partial charge is 0.497 e. The monoisotopic (exact) mass is 244 g/mol. The van der Waals surface area contributed by atoms with Crippen molar-refractivity contribution in [1.82, 2.24) is 10.3 Å². The highest BCUT2D eigenvalue weighted by molar-refractivity contribution is 5.83. The molecular formula is C14H16N2O2. The highest BCUT2D eigenvalue weighted by Gasteiger charge is 2.18. The van der Waals surface area contributed by atoms with Crippen LogP contribution >= 0.6 is 0 Å². The number of hydrogen-bond donors (Lipinski definition) is 1. The van der Waals surface area contributed by atoms with Crippen LogP contribution in [0.15, 0.2) is 30.5 Å². The Bertz CT molecular complexity index is 550. The molecule has 1 aromatic heterocycles. The molecule has 0 aliphatic carbocycles. The first-order valence-electron chi connectivity index (χ1n) is 6.13. The number of morpholine rings is 1. The Kier molecular flexibility index (Phi) is 3.13. The lowest BCUT2D eigenvalue weighted by Gasteiger charge is -2.24. The molecule has 0 radical (unpaired) electrons. The number of fused-ring (bicyclic) bond motifs is 1. The Balaban J connectivity index is 2.05. The third-order valence-corrected chi connectivity index (χ3v) is 3.26. The fraction of sp³-hybridized carbons (Fsp3) is 0.357. The van der Waals surface area contributed by atoms with E-state index in [0.717, 1.165) is 36.3 Å². The summed E-state index contributed by atoms with van der Waals surface area (Å²) in [7, 11) is 1.67. The SMILES string of the molecule is COc1ccc2c(C3CNCCO3)ccnc2c1. The average Bonchev–Trinajstić information content (AvgIpc) is 2.47. The molecule has 2 heterocycles. The van der Waals surface area contributed by atoms with Crippen molar-refractivity contribution in [3.05, 3.63) is 36.0 Å². The van der Waals surface area contributed by atoms with Crippen molar-refractivity contribution < 1.29 is 9.47 Å². The van der Waals surface area contributed by atoms with Gasteiger partial charge in [0.15, 0.2) is 0 Å². The lowest BCUT2D eigenvalue weighted by molar-refractivity contribution is 0.0286. The van der Waals surface area contributed by atoms with Gasteiger partial charge in [-0.25, -0.2) is 0 Å². The van der Waals surface area contributed by atoms with Crippen molar-refractivity contribution >= 4 is 10.9 Å². The van der Waals surface area contributed by atoms with Gasteiger partial charge in [0.2, 0.25) is 0 Å². The fourth-order valence-electron chi connectivity index (χ4n) is 2.32. The van der Waals surface area contributed by atoms with Gasteiger partial charge in [-0.2, -0.15) is 0 Å². The van der Waals surface area contributed by atoms with E-state index in [1.807, 2.05) is 24.4 Å². The van der Waals surface area contributed by atoms with Gasteiger partial charge in [-0.3, -0.25) is 4.98 Å². The Hall–Kier alpha value is -1.65. The van der Waals surface area contributed by atoms with Gasteiger partial charge in [0.25, 0.3) is 0 Å². The van der Waals surface area contributed by atoms with Crippen LogP contribution in [0.1, 0.15) is 11.7 Å². The molecule has 94 valence electrons. The molecular weight excluding hydrogens is 228 g/mol. The molecule has 1 saturated heterocycles. The van der Waals surface area contributed by atoms with E-state index in [-0.39, 0.29) is 6.10 Å². The van der Waals surface area contributed by atoms with Crippen LogP contribution in [-0.2, 0) is 4.74 Å². The van der Waals surface area contributed by atoms with Gasteiger partial charge in [-0.15, -0.1) is 0 Å². The molecule has 0 spiro atoms. The fourth-order valence-corrected chi connectivity index (χ4v) is 2.32. The standard InChI is InChI=1S/C14H16N2O2/c1-17-10-2-3-11-12(4-5-16-13(11)8-10)14-9-15-6-7-18-14/h2-5,8,14-15H,6-7,9H2,1H3. The van der Waals surface area contributed by atoms with E-state index < -0.39 is 0 Å². The van der Waals surface area contributed by atoms with Crippen LogP contribution in [-0.4, -0.2) is 31.8 Å². The molecule has 2 aromatic rings. The Morgan fingerprint density at radius 3 is 3.11 bits per heavy atom. The van der Waals surface area contributed by atoms with Crippen LogP contribution in [0.3, 0.4) is 0 Å². The third kappa shape index (κ3) is 2.05. The summed E-state index contributed by atoms with van der Waals surface area (Å²) in [6.07, 6.45) is 1.94. The molecule has 1 N–H and O–H groups in total. The Morgan fingerprint density at radius 1 is 1.39 bits per heavy atom. The number of ether oxygens (including phenoxy) is 2. The van der Waals surface area contributed by atoms with Gasteiger partial charge in [0.1, 0.15) is 5.75 Å². The topological polar surface area (TPSA) is 43.4 Å². The lowest BCUT2D eigenvalue weighted by Crippen LogP contribution is -2.33. The highest BCUT2D eigenvalue weighted by atomic mass is 16.5. The predicted octanol–water partition coefficient (Wildman–Crippen LogP) is 1.90. The second-order valence-electron chi connectivity index (χ2n) is 4.35. The lowest BCUT2D eigenvalue weighted by atomic mass is 10.0. The summed E-state index contributed by atoms with van der Waals surface area (Å²) in [4.78, 5) is 4.39. The quantitative estimate of drug-likeness (QED) is 0.876. The van der Waals surface area contributed by atoms with Crippen molar-refractivity contribution in [3.63, 3.8) is 0 Å². The molecule has 3 rings (SSSR count). The minimum atomic E-state index is 0.109. The van der Waals surface area contributed by atoms with Crippen LogP contribution in [0.4, 0.5) is 0 Å². The molecule has 1 aliphatic heterocycles. The minimum Gasteiger partial charge on any atom is -0.497 e. The molecule has 0 saturated carbocycles. The number of hydrogen-bond acceptors (Lipinski definition) is 4. The zero-order valence-corrected chi connectivity index (χ0v) is 10.3. The normalized spacial score (nSPS) is 19.9. The molecule has 4 heteroatoms. The van der Waals surface area contributed by atoms with Crippen molar-refractivity contribution in [1.29, 1.82) is 0 Å². The zero-order valence-electron chi connectivity index (χ0n) is 10.3. The molecule has 1 atom stereocenters. The zero-order chi connectivity index (χ0) is 12.4. The maximum absolute atomic E-state index is 5.81. The summed E-state index contributed by atoms with van der Waals surface area (Å²) >= 11 is 0. The van der Waals surface area contributed by atoms with Gasteiger partial charge in [-0.1, -0.05) is 0 Å². The molecule has 0 amide bonds. The molecule has 1 aromatic carbocycles. The van der Waals surface area contributed by atoms with E-state index in [0.29, 0.717) is 0 Å². The van der Waals surface area contributed by atoms with Crippen LogP contribution < -0.4 is 10.1 Å². The summed E-state index contributed by atoms with van der Waals surface area (Å²) < 4.78 is 11.0. The number of methoxy groups -OCH3 is 1. The summed E-state index contributed by atoms with van der Waals surface area (Å²) in [5, 5.41) is 4.48. The maximum Gasteiger partial charge on any atom is 0.121 e. The Morgan fingerprint density at radius 2 is 2.33 bits per heavy atom. The van der Waals surface area contributed by atoms with E-state index >= 15 is 0 Å². The maximum atomic E-state index is 5.81. The number of pyridine rings is 1. The second kappa shape index (κ2) is 4.92. The van der Waals surface area contributed by atoms with Crippen molar-refractivity contribution in [2.75, 3.05) is 26.8 Å². The second-order valence-corrected chi connectivity index (χ2v) is 4.35. The minimum absolute atomic E-state index is 0.109. The van der Waals surface area contributed by atoms with E-state index in [1.54, 1.807) is 7.11 Å². The number of nitrogens with one attached hydrogen (secondary N) is 1. The summed E-state index contributed by atoms with van der Waals surface area (Å²) in [5.74, 6) is 0.829. The van der Waals surface area contributed by atoms with Gasteiger partial charge in [-0.05, 0) is 23.8 Å². The van der Waals surface area contributed by atoms with E-state index in [4.69, 9.17) is 9.47 Å².